The van der Waals surface area contributed by atoms with Gasteiger partial charge in [-0.25, -0.2) is 13.8 Å². The van der Waals surface area contributed by atoms with Crippen molar-refractivity contribution in [2.75, 3.05) is 33.3 Å². The van der Waals surface area contributed by atoms with E-state index in [-0.39, 0.29) is 5.91 Å². The van der Waals surface area contributed by atoms with Gasteiger partial charge in [-0.05, 0) is 43.4 Å². The Bertz CT molecular complexity index is 647. The van der Waals surface area contributed by atoms with E-state index >= 15 is 0 Å². The summed E-state index contributed by atoms with van der Waals surface area (Å²) in [5.41, 5.74) is 0.900. The summed E-state index contributed by atoms with van der Waals surface area (Å²) in [4.78, 5) is 18.5. The smallest absolute Gasteiger partial charge is 0.272 e. The Balaban J connectivity index is 1.94. The van der Waals surface area contributed by atoms with Gasteiger partial charge in [-0.15, -0.1) is 0 Å². The molecule has 0 aliphatic carbocycles. The molecule has 156 valence electrons. The fourth-order valence-electron chi connectivity index (χ4n) is 3.20. The van der Waals surface area contributed by atoms with E-state index in [1.165, 1.54) is 0 Å². The largest absolute Gasteiger partial charge is 0.488 e. The summed E-state index contributed by atoms with van der Waals surface area (Å²) in [6.45, 7) is 4.31. The maximum absolute atomic E-state index is 12.3. The zero-order chi connectivity index (χ0) is 20.4. The van der Waals surface area contributed by atoms with E-state index in [1.54, 1.807) is 25.2 Å². The normalized spacial score (nSPS) is 15.6. The molecule has 8 heteroatoms. The molecule has 1 amide bonds. The van der Waals surface area contributed by atoms with Crippen molar-refractivity contribution in [2.24, 2.45) is 10.9 Å². The minimum absolute atomic E-state index is 0.0907. The van der Waals surface area contributed by atoms with Gasteiger partial charge in [0.1, 0.15) is 12.4 Å². The van der Waals surface area contributed by atoms with E-state index in [4.69, 9.17) is 9.73 Å². The quantitative estimate of drug-likeness (QED) is 0.524. The van der Waals surface area contributed by atoms with E-state index in [2.05, 4.69) is 15.5 Å². The highest BCUT2D eigenvalue weighted by Crippen LogP contribution is 2.21. The zero-order valence-electron chi connectivity index (χ0n) is 16.6. The molecule has 1 aliphatic rings. The van der Waals surface area contributed by atoms with E-state index < -0.39 is 13.0 Å². The molecule has 2 rings (SSSR count). The molecule has 2 N–H and O–H groups in total. The molecule has 28 heavy (non-hydrogen) atoms. The topological polar surface area (TPSA) is 66.0 Å². The molecule has 1 fully saturated rings. The van der Waals surface area contributed by atoms with Crippen molar-refractivity contribution < 1.29 is 18.3 Å². The third-order valence-corrected chi connectivity index (χ3v) is 4.69. The number of amides is 1. The minimum atomic E-state index is -2.49. The third-order valence-electron chi connectivity index (χ3n) is 4.69. The number of likely N-dealkylation sites (tertiary alicyclic amines) is 1. The zero-order valence-corrected chi connectivity index (χ0v) is 16.6. The molecule has 6 nitrogen and oxygen atoms in total. The van der Waals surface area contributed by atoms with Crippen molar-refractivity contribution >= 4 is 11.9 Å². The second-order valence-corrected chi connectivity index (χ2v) is 6.83. The predicted octanol–water partition coefficient (Wildman–Crippen LogP) is 2.64. The molecule has 1 aromatic rings. The number of hydrogen-bond acceptors (Lipinski definition) is 3. The van der Waals surface area contributed by atoms with Gasteiger partial charge in [0.25, 0.3) is 6.43 Å². The SMILES string of the molecule is CCNC(=NCc1cccc(OCC(F)F)c1)N1CCC(CC(=O)NC)CC1. The molecule has 0 unspecified atom stereocenters. The number of nitrogens with one attached hydrogen (secondary N) is 2. The van der Waals surface area contributed by atoms with E-state index in [0.29, 0.717) is 24.6 Å². The van der Waals surface area contributed by atoms with Crippen LogP contribution in [0.2, 0.25) is 0 Å². The summed E-state index contributed by atoms with van der Waals surface area (Å²) in [6, 6.07) is 7.09. The maximum Gasteiger partial charge on any atom is 0.272 e. The van der Waals surface area contributed by atoms with Crippen LogP contribution < -0.4 is 15.4 Å². The lowest BCUT2D eigenvalue weighted by Gasteiger charge is -2.34. The van der Waals surface area contributed by atoms with Crippen LogP contribution >= 0.6 is 0 Å². The lowest BCUT2D eigenvalue weighted by atomic mass is 9.93. The van der Waals surface area contributed by atoms with Crippen molar-refractivity contribution in [1.29, 1.82) is 0 Å². The Morgan fingerprint density at radius 2 is 2.11 bits per heavy atom. The molecule has 0 aromatic heterocycles. The number of nitrogens with zero attached hydrogens (tertiary/aromatic N) is 2. The summed E-state index contributed by atoms with van der Waals surface area (Å²) in [7, 11) is 1.67. The average Bonchev–Trinajstić information content (AvgIpc) is 2.70. The summed E-state index contributed by atoms with van der Waals surface area (Å²) < 4.78 is 29.7. The summed E-state index contributed by atoms with van der Waals surface area (Å²) in [6.07, 6.45) is -0.0131. The molecule has 0 spiro atoms. The second kappa shape index (κ2) is 11.5. The van der Waals surface area contributed by atoms with Gasteiger partial charge in [-0.3, -0.25) is 4.79 Å². The Labute approximate surface area is 165 Å². The van der Waals surface area contributed by atoms with Crippen LogP contribution in [0.1, 0.15) is 31.7 Å². The highest BCUT2D eigenvalue weighted by Gasteiger charge is 2.23. The third kappa shape index (κ3) is 7.32. The van der Waals surface area contributed by atoms with E-state index in [1.807, 2.05) is 13.0 Å². The first kappa shape index (κ1) is 21.9. The van der Waals surface area contributed by atoms with Crippen LogP contribution in [0.4, 0.5) is 8.78 Å². The first-order chi connectivity index (χ1) is 13.5. The number of carbonyl (C=O) groups is 1. The molecule has 0 saturated carbocycles. The number of benzene rings is 1. The van der Waals surface area contributed by atoms with Crippen LogP contribution in [0, 0.1) is 5.92 Å². The van der Waals surface area contributed by atoms with Gasteiger partial charge < -0.3 is 20.3 Å². The number of hydrogen-bond donors (Lipinski definition) is 2. The van der Waals surface area contributed by atoms with Crippen molar-refractivity contribution in [3.8, 4) is 5.75 Å². The molecule has 1 aromatic carbocycles. The van der Waals surface area contributed by atoms with Gasteiger partial charge in [0.05, 0.1) is 6.54 Å². The standard InChI is InChI=1S/C20H30F2N4O2/c1-3-24-20(26-9-7-15(8-10-26)12-19(27)23-2)25-13-16-5-4-6-17(11-16)28-14-18(21)22/h4-6,11,15,18H,3,7-10,12-14H2,1-2H3,(H,23,27)(H,24,25). The molecule has 0 bridgehead atoms. The molecular weight excluding hydrogens is 366 g/mol. The van der Waals surface area contributed by atoms with Gasteiger partial charge >= 0.3 is 0 Å². The van der Waals surface area contributed by atoms with Crippen LogP contribution in [-0.2, 0) is 11.3 Å². The molecule has 0 atom stereocenters. The predicted molar refractivity (Wildman–Crippen MR) is 106 cm³/mol. The fraction of sp³-hybridized carbons (Fsp3) is 0.600. The minimum Gasteiger partial charge on any atom is -0.488 e. The Morgan fingerprint density at radius 1 is 1.36 bits per heavy atom. The van der Waals surface area contributed by atoms with Crippen LogP contribution in [0.25, 0.3) is 0 Å². The number of piperidine rings is 1. The number of alkyl halides is 2. The lowest BCUT2D eigenvalue weighted by Crippen LogP contribution is -2.46. The van der Waals surface area contributed by atoms with Crippen molar-refractivity contribution in [2.45, 2.75) is 39.2 Å². The maximum atomic E-state index is 12.3. The second-order valence-electron chi connectivity index (χ2n) is 6.83. The Hall–Kier alpha value is -2.38. The molecule has 0 radical (unpaired) electrons. The molecule has 1 saturated heterocycles. The van der Waals surface area contributed by atoms with Crippen LogP contribution in [0.5, 0.6) is 5.75 Å². The Kier molecular flexibility index (Phi) is 8.97. The van der Waals surface area contributed by atoms with E-state index in [9.17, 15) is 13.6 Å². The van der Waals surface area contributed by atoms with Crippen LogP contribution in [-0.4, -0.2) is 56.5 Å². The number of halogens is 2. The molecule has 1 aliphatic heterocycles. The number of guanidine groups is 1. The van der Waals surface area contributed by atoms with Crippen LogP contribution in [0.15, 0.2) is 29.3 Å². The highest BCUT2D eigenvalue weighted by molar-refractivity contribution is 5.80. The summed E-state index contributed by atoms with van der Waals surface area (Å²) >= 11 is 0. The van der Waals surface area contributed by atoms with Gasteiger partial charge in [0.15, 0.2) is 5.96 Å². The number of rotatable bonds is 8. The number of ether oxygens (including phenoxy) is 1. The number of carbonyl (C=O) groups excluding carboxylic acids is 1. The first-order valence-corrected chi connectivity index (χ1v) is 9.75. The summed E-state index contributed by atoms with van der Waals surface area (Å²) in [5.74, 6) is 1.75. The van der Waals surface area contributed by atoms with Crippen LogP contribution in [0.3, 0.4) is 0 Å². The summed E-state index contributed by atoms with van der Waals surface area (Å²) in [5, 5.41) is 5.99. The van der Waals surface area contributed by atoms with Gasteiger partial charge in [-0.2, -0.15) is 0 Å². The van der Waals surface area contributed by atoms with Gasteiger partial charge in [-0.1, -0.05) is 12.1 Å². The molecule has 1 heterocycles. The average molecular weight is 396 g/mol. The highest BCUT2D eigenvalue weighted by atomic mass is 19.3. The monoisotopic (exact) mass is 396 g/mol. The number of aliphatic imine (C=N–C) groups is 1. The first-order valence-electron chi connectivity index (χ1n) is 9.75. The molecular formula is C20H30F2N4O2. The van der Waals surface area contributed by atoms with Crippen molar-refractivity contribution in [3.05, 3.63) is 29.8 Å². The van der Waals surface area contributed by atoms with E-state index in [0.717, 1.165) is 44.0 Å². The fourth-order valence-corrected chi connectivity index (χ4v) is 3.20. The van der Waals surface area contributed by atoms with Gasteiger partial charge in [0, 0.05) is 33.1 Å². The van der Waals surface area contributed by atoms with Gasteiger partial charge in [0.2, 0.25) is 5.91 Å². The van der Waals surface area contributed by atoms with Crippen molar-refractivity contribution in [3.63, 3.8) is 0 Å². The van der Waals surface area contributed by atoms with Crippen molar-refractivity contribution in [1.82, 2.24) is 15.5 Å². The Morgan fingerprint density at radius 3 is 2.75 bits per heavy atom. The lowest BCUT2D eigenvalue weighted by molar-refractivity contribution is -0.121.